The summed E-state index contributed by atoms with van der Waals surface area (Å²) in [5, 5.41) is 11.5. The maximum atomic E-state index is 4.78. The lowest BCUT2D eigenvalue weighted by atomic mass is 10.1. The fourth-order valence-corrected chi connectivity index (χ4v) is 3.00. The molecule has 2 N–H and O–H groups in total. The molecule has 0 saturated carbocycles. The Hall–Kier alpha value is -2.63. The van der Waals surface area contributed by atoms with E-state index in [-0.39, 0.29) is 0 Å². The quantitative estimate of drug-likeness (QED) is 0.776. The first kappa shape index (κ1) is 14.0. The first-order valence-electron chi connectivity index (χ1n) is 8.10. The van der Waals surface area contributed by atoms with Gasteiger partial charge in [0.1, 0.15) is 5.82 Å². The molecule has 0 aliphatic carbocycles. The van der Waals surface area contributed by atoms with Gasteiger partial charge in [-0.2, -0.15) is 10.1 Å². The number of hydrogen-bond donors (Lipinski definition) is 2. The van der Waals surface area contributed by atoms with Gasteiger partial charge in [-0.1, -0.05) is 12.1 Å². The topological polar surface area (TPSA) is 69.7 Å². The second-order valence-corrected chi connectivity index (χ2v) is 6.00. The zero-order chi connectivity index (χ0) is 15.6. The minimum absolute atomic E-state index is 0.774. The molecule has 0 amide bonds. The zero-order valence-electron chi connectivity index (χ0n) is 13.2. The Bertz CT molecular complexity index is 819. The molecule has 0 atom stereocenters. The summed E-state index contributed by atoms with van der Waals surface area (Å²) in [6.07, 6.45) is 3.71. The summed E-state index contributed by atoms with van der Waals surface area (Å²) < 4.78 is 0. The molecule has 0 unspecified atom stereocenters. The molecule has 2 aromatic heterocycles. The van der Waals surface area contributed by atoms with Crippen LogP contribution in [0.2, 0.25) is 0 Å². The van der Waals surface area contributed by atoms with Crippen LogP contribution < -0.4 is 10.2 Å². The summed E-state index contributed by atoms with van der Waals surface area (Å²) >= 11 is 0. The Morgan fingerprint density at radius 3 is 2.70 bits per heavy atom. The minimum Gasteiger partial charge on any atom is -0.341 e. The number of benzene rings is 1. The molecule has 1 aliphatic heterocycles. The van der Waals surface area contributed by atoms with E-state index in [0.717, 1.165) is 47.3 Å². The van der Waals surface area contributed by atoms with Crippen molar-refractivity contribution in [1.29, 1.82) is 0 Å². The number of aromatic nitrogens is 4. The second kappa shape index (κ2) is 5.87. The average Bonchev–Trinajstić information content (AvgIpc) is 3.00. The van der Waals surface area contributed by atoms with Gasteiger partial charge in [0.25, 0.3) is 0 Å². The number of anilines is 3. The van der Waals surface area contributed by atoms with Crippen molar-refractivity contribution in [2.45, 2.75) is 26.2 Å². The standard InChI is InChI=1S/C17H20N6/c1-12-11-15(22-21-12)19-16-13-7-3-4-8-14(13)18-17(20-16)23-9-5-2-6-10-23/h3-4,7-8,11H,2,5-6,9-10H2,1H3,(H2,18,19,20,21,22). The summed E-state index contributed by atoms with van der Waals surface area (Å²) in [6, 6.07) is 10.1. The van der Waals surface area contributed by atoms with Crippen LogP contribution in [-0.4, -0.2) is 33.3 Å². The summed E-state index contributed by atoms with van der Waals surface area (Å²) in [7, 11) is 0. The molecule has 3 heterocycles. The molecule has 0 bridgehead atoms. The number of aryl methyl sites for hydroxylation is 1. The molecular weight excluding hydrogens is 288 g/mol. The monoisotopic (exact) mass is 308 g/mol. The molecule has 6 heteroatoms. The third-order valence-electron chi connectivity index (χ3n) is 4.18. The van der Waals surface area contributed by atoms with E-state index in [0.29, 0.717) is 0 Å². The van der Waals surface area contributed by atoms with Gasteiger partial charge in [0.15, 0.2) is 5.82 Å². The van der Waals surface area contributed by atoms with Gasteiger partial charge >= 0.3 is 0 Å². The van der Waals surface area contributed by atoms with E-state index < -0.39 is 0 Å². The van der Waals surface area contributed by atoms with Crippen molar-refractivity contribution in [2.75, 3.05) is 23.3 Å². The molecule has 0 radical (unpaired) electrons. The number of nitrogens with one attached hydrogen (secondary N) is 2. The highest BCUT2D eigenvalue weighted by atomic mass is 15.3. The van der Waals surface area contributed by atoms with Gasteiger partial charge < -0.3 is 10.2 Å². The van der Waals surface area contributed by atoms with E-state index in [1.807, 2.05) is 37.3 Å². The van der Waals surface area contributed by atoms with Crippen LogP contribution in [0.5, 0.6) is 0 Å². The number of piperidine rings is 1. The van der Waals surface area contributed by atoms with Crippen LogP contribution in [0.25, 0.3) is 10.9 Å². The average molecular weight is 308 g/mol. The number of para-hydroxylation sites is 1. The van der Waals surface area contributed by atoms with E-state index in [1.54, 1.807) is 0 Å². The lowest BCUT2D eigenvalue weighted by Crippen LogP contribution is -2.31. The zero-order valence-corrected chi connectivity index (χ0v) is 13.2. The predicted octanol–water partition coefficient (Wildman–Crippen LogP) is 3.40. The molecule has 0 spiro atoms. The van der Waals surface area contributed by atoms with Crippen LogP contribution in [-0.2, 0) is 0 Å². The molecular formula is C17H20N6. The van der Waals surface area contributed by atoms with Crippen LogP contribution in [0.15, 0.2) is 30.3 Å². The highest BCUT2D eigenvalue weighted by Gasteiger charge is 2.16. The normalized spacial score (nSPS) is 15.1. The second-order valence-electron chi connectivity index (χ2n) is 6.00. The molecule has 118 valence electrons. The third kappa shape index (κ3) is 2.84. The van der Waals surface area contributed by atoms with Crippen molar-refractivity contribution >= 4 is 28.5 Å². The molecule has 4 rings (SSSR count). The van der Waals surface area contributed by atoms with Gasteiger partial charge in [-0.15, -0.1) is 0 Å². The fraction of sp³-hybridized carbons (Fsp3) is 0.353. The van der Waals surface area contributed by atoms with Gasteiger partial charge in [-0.3, -0.25) is 5.10 Å². The van der Waals surface area contributed by atoms with Crippen molar-refractivity contribution in [2.24, 2.45) is 0 Å². The predicted molar refractivity (Wildman–Crippen MR) is 92.2 cm³/mol. The van der Waals surface area contributed by atoms with Gasteiger partial charge in [-0.25, -0.2) is 4.98 Å². The van der Waals surface area contributed by atoms with Crippen LogP contribution in [0.1, 0.15) is 25.0 Å². The molecule has 6 nitrogen and oxygen atoms in total. The SMILES string of the molecule is Cc1cc(Nc2nc(N3CCCCC3)nc3ccccc23)n[nH]1. The molecule has 23 heavy (non-hydrogen) atoms. The fourth-order valence-electron chi connectivity index (χ4n) is 3.00. The number of aromatic amines is 1. The van der Waals surface area contributed by atoms with Crippen molar-refractivity contribution in [3.8, 4) is 0 Å². The van der Waals surface area contributed by atoms with Gasteiger partial charge in [0, 0.05) is 30.2 Å². The Morgan fingerprint density at radius 1 is 1.09 bits per heavy atom. The lowest BCUT2D eigenvalue weighted by molar-refractivity contribution is 0.569. The largest absolute Gasteiger partial charge is 0.341 e. The summed E-state index contributed by atoms with van der Waals surface area (Å²) in [4.78, 5) is 11.8. The number of rotatable bonds is 3. The molecule has 3 aromatic rings. The van der Waals surface area contributed by atoms with Gasteiger partial charge in [0.05, 0.1) is 5.52 Å². The van der Waals surface area contributed by atoms with Gasteiger partial charge in [-0.05, 0) is 38.3 Å². The van der Waals surface area contributed by atoms with E-state index in [1.165, 1.54) is 19.3 Å². The van der Waals surface area contributed by atoms with Crippen molar-refractivity contribution in [1.82, 2.24) is 20.2 Å². The van der Waals surface area contributed by atoms with E-state index in [4.69, 9.17) is 9.97 Å². The summed E-state index contributed by atoms with van der Waals surface area (Å²) in [5.74, 6) is 2.39. The van der Waals surface area contributed by atoms with Crippen LogP contribution in [0.3, 0.4) is 0 Å². The third-order valence-corrected chi connectivity index (χ3v) is 4.18. The number of H-pyrrole nitrogens is 1. The van der Waals surface area contributed by atoms with E-state index >= 15 is 0 Å². The minimum atomic E-state index is 0.774. The maximum absolute atomic E-state index is 4.78. The Kier molecular flexibility index (Phi) is 3.57. The van der Waals surface area contributed by atoms with Crippen LogP contribution >= 0.6 is 0 Å². The summed E-state index contributed by atoms with van der Waals surface area (Å²) in [5.41, 5.74) is 1.97. The number of hydrogen-bond acceptors (Lipinski definition) is 5. The molecule has 1 fully saturated rings. The lowest BCUT2D eigenvalue weighted by Gasteiger charge is -2.27. The van der Waals surface area contributed by atoms with Crippen molar-refractivity contribution in [3.05, 3.63) is 36.0 Å². The first-order chi connectivity index (χ1) is 11.3. The van der Waals surface area contributed by atoms with E-state index in [9.17, 15) is 0 Å². The Morgan fingerprint density at radius 2 is 1.91 bits per heavy atom. The van der Waals surface area contributed by atoms with E-state index in [2.05, 4.69) is 20.4 Å². The number of fused-ring (bicyclic) bond motifs is 1. The highest BCUT2D eigenvalue weighted by Crippen LogP contribution is 2.27. The highest BCUT2D eigenvalue weighted by molar-refractivity contribution is 5.91. The maximum Gasteiger partial charge on any atom is 0.227 e. The Balaban J connectivity index is 1.76. The summed E-state index contributed by atoms with van der Waals surface area (Å²) in [6.45, 7) is 4.04. The molecule has 1 aromatic carbocycles. The van der Waals surface area contributed by atoms with Gasteiger partial charge in [0.2, 0.25) is 5.95 Å². The first-order valence-corrected chi connectivity index (χ1v) is 8.10. The smallest absolute Gasteiger partial charge is 0.227 e. The number of nitrogens with zero attached hydrogens (tertiary/aromatic N) is 4. The van der Waals surface area contributed by atoms with Crippen LogP contribution in [0.4, 0.5) is 17.6 Å². The van der Waals surface area contributed by atoms with Crippen LogP contribution in [0, 0.1) is 6.92 Å². The van der Waals surface area contributed by atoms with Crippen molar-refractivity contribution in [3.63, 3.8) is 0 Å². The Labute approximate surface area is 135 Å². The molecule has 1 aliphatic rings. The van der Waals surface area contributed by atoms with Crippen molar-refractivity contribution < 1.29 is 0 Å². The molecule has 1 saturated heterocycles.